The first-order valence-corrected chi connectivity index (χ1v) is 9.62. The quantitative estimate of drug-likeness (QED) is 0.573. The van der Waals surface area contributed by atoms with E-state index in [9.17, 15) is 4.79 Å². The maximum absolute atomic E-state index is 12.2. The van der Waals surface area contributed by atoms with Gasteiger partial charge in [0.05, 0.1) is 12.9 Å². The fourth-order valence-electron chi connectivity index (χ4n) is 2.49. The normalized spacial score (nSPS) is 10.5. The third-order valence-electron chi connectivity index (χ3n) is 3.94. The van der Waals surface area contributed by atoms with Gasteiger partial charge in [-0.2, -0.15) is 0 Å². The first-order chi connectivity index (χ1) is 13.5. The van der Waals surface area contributed by atoms with Crippen LogP contribution in [0.25, 0.3) is 0 Å². The molecule has 0 spiro atoms. The molecule has 0 atom stereocenters. The van der Waals surface area contributed by atoms with E-state index in [1.54, 1.807) is 31.4 Å². The van der Waals surface area contributed by atoms with E-state index >= 15 is 0 Å². The molecular formula is C20H21N3O4S. The number of benzene rings is 2. The van der Waals surface area contributed by atoms with Gasteiger partial charge in [0.25, 0.3) is 11.1 Å². The maximum atomic E-state index is 12.2. The summed E-state index contributed by atoms with van der Waals surface area (Å²) in [4.78, 5) is 12.2. The molecule has 1 heterocycles. The average molecular weight is 399 g/mol. The van der Waals surface area contributed by atoms with Crippen molar-refractivity contribution in [2.75, 3.05) is 18.2 Å². The summed E-state index contributed by atoms with van der Waals surface area (Å²) in [5, 5.41) is 11.1. The zero-order valence-corrected chi connectivity index (χ0v) is 16.7. The van der Waals surface area contributed by atoms with E-state index in [0.717, 1.165) is 22.6 Å². The van der Waals surface area contributed by atoms with Gasteiger partial charge in [-0.05, 0) is 49.2 Å². The predicted molar refractivity (Wildman–Crippen MR) is 107 cm³/mol. The van der Waals surface area contributed by atoms with Crippen LogP contribution in [0.2, 0.25) is 0 Å². The Labute approximate surface area is 167 Å². The lowest BCUT2D eigenvalue weighted by Gasteiger charge is -2.10. The molecule has 0 saturated heterocycles. The van der Waals surface area contributed by atoms with Crippen LogP contribution in [0, 0.1) is 13.8 Å². The zero-order valence-electron chi connectivity index (χ0n) is 15.9. The second-order valence-electron chi connectivity index (χ2n) is 6.03. The van der Waals surface area contributed by atoms with Gasteiger partial charge in [-0.25, -0.2) is 0 Å². The van der Waals surface area contributed by atoms with Crippen LogP contribution in [-0.4, -0.2) is 29.0 Å². The van der Waals surface area contributed by atoms with Crippen LogP contribution >= 0.6 is 11.8 Å². The van der Waals surface area contributed by atoms with Crippen LogP contribution in [-0.2, 0) is 11.4 Å². The number of carbonyl (C=O) groups is 1. The van der Waals surface area contributed by atoms with Crippen molar-refractivity contribution < 1.29 is 18.7 Å². The molecule has 0 aliphatic rings. The van der Waals surface area contributed by atoms with Gasteiger partial charge in [0.15, 0.2) is 6.61 Å². The minimum absolute atomic E-state index is 0.128. The number of amides is 1. The highest BCUT2D eigenvalue weighted by molar-refractivity contribution is 7.99. The van der Waals surface area contributed by atoms with Gasteiger partial charge in [0, 0.05) is 5.69 Å². The molecule has 0 aliphatic heterocycles. The number of nitrogens with one attached hydrogen (secondary N) is 1. The third-order valence-corrected chi connectivity index (χ3v) is 4.76. The smallest absolute Gasteiger partial charge is 0.277 e. The molecule has 0 aliphatic carbocycles. The van der Waals surface area contributed by atoms with Crippen LogP contribution < -0.4 is 14.8 Å². The SMILES string of the molecule is COc1ccc(OCc2nnc(SCC(=O)Nc3c(C)cccc3C)o2)cc1. The number of anilines is 1. The topological polar surface area (TPSA) is 86.5 Å². The molecule has 3 aromatic rings. The van der Waals surface area contributed by atoms with Crippen LogP contribution in [0.4, 0.5) is 5.69 Å². The Bertz CT molecular complexity index is 921. The summed E-state index contributed by atoms with van der Waals surface area (Å²) in [5.74, 6) is 1.81. The van der Waals surface area contributed by atoms with Gasteiger partial charge < -0.3 is 19.2 Å². The molecular weight excluding hydrogens is 378 g/mol. The van der Waals surface area contributed by atoms with Crippen molar-refractivity contribution in [3.8, 4) is 11.5 Å². The summed E-state index contributed by atoms with van der Waals surface area (Å²) in [6.45, 7) is 4.07. The molecule has 7 nitrogen and oxygen atoms in total. The number of hydrogen-bond acceptors (Lipinski definition) is 7. The Morgan fingerprint density at radius 2 is 1.75 bits per heavy atom. The van der Waals surface area contributed by atoms with Crippen LogP contribution in [0.15, 0.2) is 52.1 Å². The number of hydrogen-bond donors (Lipinski definition) is 1. The molecule has 28 heavy (non-hydrogen) atoms. The Morgan fingerprint density at radius 1 is 1.07 bits per heavy atom. The van der Waals surface area contributed by atoms with Crippen LogP contribution in [0.3, 0.4) is 0 Å². The van der Waals surface area contributed by atoms with Gasteiger partial charge in [-0.1, -0.05) is 30.0 Å². The summed E-state index contributed by atoms with van der Waals surface area (Å²) in [6.07, 6.45) is 0. The third kappa shape index (κ3) is 5.26. The first kappa shape index (κ1) is 19.8. The number of carbonyl (C=O) groups excluding carboxylic acids is 1. The molecule has 0 bridgehead atoms. The highest BCUT2D eigenvalue weighted by atomic mass is 32.2. The molecule has 2 aromatic carbocycles. The van der Waals surface area contributed by atoms with Gasteiger partial charge in [-0.15, -0.1) is 10.2 Å². The lowest BCUT2D eigenvalue weighted by molar-refractivity contribution is -0.113. The van der Waals surface area contributed by atoms with Crippen molar-refractivity contribution in [2.45, 2.75) is 25.7 Å². The summed E-state index contributed by atoms with van der Waals surface area (Å²) >= 11 is 1.18. The van der Waals surface area contributed by atoms with Crippen molar-refractivity contribution in [1.29, 1.82) is 0 Å². The number of thioether (sulfide) groups is 1. The second-order valence-corrected chi connectivity index (χ2v) is 6.96. The van der Waals surface area contributed by atoms with Gasteiger partial charge in [0.1, 0.15) is 11.5 Å². The number of para-hydroxylation sites is 1. The fraction of sp³-hybridized carbons (Fsp3) is 0.250. The molecule has 0 fully saturated rings. The van der Waals surface area contributed by atoms with E-state index in [1.807, 2.05) is 32.0 Å². The largest absolute Gasteiger partial charge is 0.497 e. The highest BCUT2D eigenvalue weighted by Crippen LogP contribution is 2.22. The van der Waals surface area contributed by atoms with Crippen molar-refractivity contribution in [1.82, 2.24) is 10.2 Å². The molecule has 0 unspecified atom stereocenters. The second kappa shape index (κ2) is 9.27. The van der Waals surface area contributed by atoms with Crippen molar-refractivity contribution in [2.24, 2.45) is 0 Å². The summed E-state index contributed by atoms with van der Waals surface area (Å²) in [7, 11) is 1.61. The van der Waals surface area contributed by atoms with Crippen molar-refractivity contribution in [3.63, 3.8) is 0 Å². The maximum Gasteiger partial charge on any atom is 0.277 e. The van der Waals surface area contributed by atoms with Gasteiger partial charge in [0.2, 0.25) is 5.91 Å². The average Bonchev–Trinajstić information content (AvgIpc) is 3.16. The summed E-state index contributed by atoms with van der Waals surface area (Å²) in [6, 6.07) is 13.1. The summed E-state index contributed by atoms with van der Waals surface area (Å²) in [5.41, 5.74) is 2.88. The Kier molecular flexibility index (Phi) is 6.54. The van der Waals surface area contributed by atoms with E-state index in [1.165, 1.54) is 11.8 Å². The van der Waals surface area contributed by atoms with E-state index in [-0.39, 0.29) is 18.3 Å². The molecule has 0 saturated carbocycles. The molecule has 3 rings (SSSR count). The number of aromatic nitrogens is 2. The van der Waals surface area contributed by atoms with Crippen molar-refractivity contribution >= 4 is 23.4 Å². The minimum Gasteiger partial charge on any atom is -0.497 e. The minimum atomic E-state index is -0.128. The van der Waals surface area contributed by atoms with Gasteiger partial charge in [-0.3, -0.25) is 4.79 Å². The molecule has 8 heteroatoms. The summed E-state index contributed by atoms with van der Waals surface area (Å²) < 4.78 is 16.2. The van der Waals surface area contributed by atoms with E-state index in [4.69, 9.17) is 13.9 Å². The number of ether oxygens (including phenoxy) is 2. The molecule has 1 amide bonds. The van der Waals surface area contributed by atoms with Gasteiger partial charge >= 0.3 is 0 Å². The lowest BCUT2D eigenvalue weighted by atomic mass is 10.1. The number of rotatable bonds is 8. The Morgan fingerprint density at radius 3 is 2.43 bits per heavy atom. The lowest BCUT2D eigenvalue weighted by Crippen LogP contribution is -2.15. The standard InChI is InChI=1S/C20H21N3O4S/c1-13-5-4-6-14(2)19(13)21-17(24)12-28-20-23-22-18(27-20)11-26-16-9-7-15(25-3)8-10-16/h4-10H,11-12H2,1-3H3,(H,21,24). The molecule has 146 valence electrons. The Hall–Kier alpha value is -3.00. The fourth-order valence-corrected chi connectivity index (χ4v) is 3.07. The van der Waals surface area contributed by atoms with E-state index in [0.29, 0.717) is 16.9 Å². The number of nitrogens with zero attached hydrogens (tertiary/aromatic N) is 2. The molecule has 1 aromatic heterocycles. The number of aryl methyl sites for hydroxylation is 2. The van der Waals surface area contributed by atoms with E-state index in [2.05, 4.69) is 15.5 Å². The zero-order chi connectivity index (χ0) is 19.9. The van der Waals surface area contributed by atoms with Crippen molar-refractivity contribution in [3.05, 3.63) is 59.5 Å². The predicted octanol–water partition coefficient (Wildman–Crippen LogP) is 4.00. The first-order valence-electron chi connectivity index (χ1n) is 8.63. The molecule has 0 radical (unpaired) electrons. The number of methoxy groups -OCH3 is 1. The Balaban J connectivity index is 1.48. The van der Waals surface area contributed by atoms with Crippen LogP contribution in [0.1, 0.15) is 17.0 Å². The van der Waals surface area contributed by atoms with E-state index < -0.39 is 0 Å². The monoisotopic (exact) mass is 399 g/mol. The highest BCUT2D eigenvalue weighted by Gasteiger charge is 2.12. The van der Waals surface area contributed by atoms with Crippen LogP contribution in [0.5, 0.6) is 11.5 Å². The molecule has 1 N–H and O–H groups in total.